The van der Waals surface area contributed by atoms with Gasteiger partial charge in [0, 0.05) is 18.7 Å². The van der Waals surface area contributed by atoms with E-state index in [1.165, 1.54) is 0 Å². The Morgan fingerprint density at radius 1 is 1.22 bits per heavy atom. The van der Waals surface area contributed by atoms with Crippen LogP contribution in [-0.4, -0.2) is 25.7 Å². The molecule has 18 heavy (non-hydrogen) atoms. The van der Waals surface area contributed by atoms with E-state index >= 15 is 0 Å². The van der Waals surface area contributed by atoms with Crippen LogP contribution < -0.4 is 10.1 Å². The van der Waals surface area contributed by atoms with Crippen molar-refractivity contribution in [1.29, 1.82) is 0 Å². The molecular formula is C14H21NO3. The predicted molar refractivity (Wildman–Crippen MR) is 70.6 cm³/mol. The lowest BCUT2D eigenvalue weighted by atomic mass is 10.2. The fourth-order valence-electron chi connectivity index (χ4n) is 1.59. The monoisotopic (exact) mass is 251 g/mol. The zero-order chi connectivity index (χ0) is 13.2. The molecule has 0 radical (unpaired) electrons. The second-order valence-electron chi connectivity index (χ2n) is 3.77. The molecule has 0 heterocycles. The topological polar surface area (TPSA) is 47.6 Å². The predicted octanol–water partition coefficient (Wildman–Crippen LogP) is 2.13. The maximum absolute atomic E-state index is 11.1. The zero-order valence-electron chi connectivity index (χ0n) is 11.1. The quantitative estimate of drug-likeness (QED) is 0.568. The van der Waals surface area contributed by atoms with Crippen LogP contribution in [-0.2, 0) is 16.1 Å². The molecule has 0 fully saturated rings. The van der Waals surface area contributed by atoms with Gasteiger partial charge in [-0.15, -0.1) is 0 Å². The molecule has 1 aromatic carbocycles. The first-order valence-electron chi connectivity index (χ1n) is 6.35. The average Bonchev–Trinajstić information content (AvgIpc) is 2.37. The van der Waals surface area contributed by atoms with E-state index in [1.54, 1.807) is 0 Å². The zero-order valence-corrected chi connectivity index (χ0v) is 11.1. The second-order valence-corrected chi connectivity index (χ2v) is 3.77. The molecule has 0 unspecified atom stereocenters. The molecule has 1 aromatic rings. The maximum atomic E-state index is 11.1. The van der Waals surface area contributed by atoms with Gasteiger partial charge in [-0.05, 0) is 19.9 Å². The first-order valence-corrected chi connectivity index (χ1v) is 6.35. The van der Waals surface area contributed by atoms with E-state index in [0.29, 0.717) is 32.7 Å². The Balaban J connectivity index is 2.32. The summed E-state index contributed by atoms with van der Waals surface area (Å²) in [6, 6.07) is 7.90. The standard InChI is InChI=1S/C14H21NO3/c1-3-17-13-8-6-5-7-12(13)11-15-10-9-14(16)18-4-2/h5-8,15H,3-4,9-11H2,1-2H3. The fraction of sp³-hybridized carbons (Fsp3) is 0.500. The number of hydrogen-bond acceptors (Lipinski definition) is 4. The molecule has 0 saturated heterocycles. The van der Waals surface area contributed by atoms with Crippen LogP contribution in [0.1, 0.15) is 25.8 Å². The molecule has 4 heteroatoms. The van der Waals surface area contributed by atoms with Crippen LogP contribution in [0, 0.1) is 0 Å². The Kier molecular flexibility index (Phi) is 6.87. The number of benzene rings is 1. The number of carbonyl (C=O) groups excluding carboxylic acids is 1. The van der Waals surface area contributed by atoms with Crippen molar-refractivity contribution in [1.82, 2.24) is 5.32 Å². The van der Waals surface area contributed by atoms with Crippen molar-refractivity contribution in [2.75, 3.05) is 19.8 Å². The van der Waals surface area contributed by atoms with E-state index in [1.807, 2.05) is 38.1 Å². The fourth-order valence-corrected chi connectivity index (χ4v) is 1.59. The summed E-state index contributed by atoms with van der Waals surface area (Å²) in [4.78, 5) is 11.1. The number of esters is 1. The number of para-hydroxylation sites is 1. The first-order chi connectivity index (χ1) is 8.77. The van der Waals surface area contributed by atoms with Crippen molar-refractivity contribution in [2.24, 2.45) is 0 Å². The lowest BCUT2D eigenvalue weighted by molar-refractivity contribution is -0.142. The van der Waals surface area contributed by atoms with E-state index < -0.39 is 0 Å². The minimum Gasteiger partial charge on any atom is -0.494 e. The van der Waals surface area contributed by atoms with Gasteiger partial charge in [0.15, 0.2) is 0 Å². The first kappa shape index (κ1) is 14.5. The van der Waals surface area contributed by atoms with E-state index in [4.69, 9.17) is 9.47 Å². The van der Waals surface area contributed by atoms with Crippen LogP contribution in [0.3, 0.4) is 0 Å². The second kappa shape index (κ2) is 8.53. The Labute approximate surface area is 108 Å². The highest BCUT2D eigenvalue weighted by Crippen LogP contribution is 2.17. The van der Waals surface area contributed by atoms with Gasteiger partial charge in [-0.2, -0.15) is 0 Å². The third-order valence-electron chi connectivity index (χ3n) is 2.40. The molecule has 4 nitrogen and oxygen atoms in total. The van der Waals surface area contributed by atoms with Crippen molar-refractivity contribution in [2.45, 2.75) is 26.8 Å². The summed E-state index contributed by atoms with van der Waals surface area (Å²) in [7, 11) is 0. The van der Waals surface area contributed by atoms with Crippen LogP contribution >= 0.6 is 0 Å². The van der Waals surface area contributed by atoms with E-state index in [2.05, 4.69) is 5.32 Å². The van der Waals surface area contributed by atoms with Crippen LogP contribution in [0.2, 0.25) is 0 Å². The maximum Gasteiger partial charge on any atom is 0.307 e. The molecule has 1 rings (SSSR count). The Morgan fingerprint density at radius 3 is 2.72 bits per heavy atom. The summed E-state index contributed by atoms with van der Waals surface area (Å²) >= 11 is 0. The average molecular weight is 251 g/mol. The lowest BCUT2D eigenvalue weighted by Gasteiger charge is -2.10. The molecule has 0 spiro atoms. The summed E-state index contributed by atoms with van der Waals surface area (Å²) in [5.41, 5.74) is 1.10. The Morgan fingerprint density at radius 2 is 2.00 bits per heavy atom. The molecule has 0 aliphatic rings. The van der Waals surface area contributed by atoms with Crippen LogP contribution in [0.25, 0.3) is 0 Å². The number of carbonyl (C=O) groups is 1. The van der Waals surface area contributed by atoms with E-state index in [-0.39, 0.29) is 5.97 Å². The number of nitrogens with one attached hydrogen (secondary N) is 1. The molecule has 0 atom stereocenters. The van der Waals surface area contributed by atoms with Crippen LogP contribution in [0.5, 0.6) is 5.75 Å². The van der Waals surface area contributed by atoms with Crippen molar-refractivity contribution >= 4 is 5.97 Å². The summed E-state index contributed by atoms with van der Waals surface area (Å²) < 4.78 is 10.4. The number of rotatable bonds is 8. The Bertz CT molecular complexity index is 366. The van der Waals surface area contributed by atoms with Crippen molar-refractivity contribution in [3.8, 4) is 5.75 Å². The van der Waals surface area contributed by atoms with Gasteiger partial charge in [-0.25, -0.2) is 0 Å². The van der Waals surface area contributed by atoms with Gasteiger partial charge in [0.1, 0.15) is 5.75 Å². The summed E-state index contributed by atoms with van der Waals surface area (Å²) in [5.74, 6) is 0.728. The minimum atomic E-state index is -0.164. The van der Waals surface area contributed by atoms with Crippen LogP contribution in [0.4, 0.5) is 0 Å². The van der Waals surface area contributed by atoms with Crippen molar-refractivity contribution in [3.05, 3.63) is 29.8 Å². The summed E-state index contributed by atoms with van der Waals surface area (Å²) in [5, 5.41) is 3.21. The third kappa shape index (κ3) is 5.19. The van der Waals surface area contributed by atoms with Gasteiger partial charge in [0.05, 0.1) is 19.6 Å². The summed E-state index contributed by atoms with van der Waals surface area (Å²) in [6.07, 6.45) is 0.393. The van der Waals surface area contributed by atoms with E-state index in [0.717, 1.165) is 11.3 Å². The molecule has 0 amide bonds. The van der Waals surface area contributed by atoms with Gasteiger partial charge >= 0.3 is 5.97 Å². The van der Waals surface area contributed by atoms with Gasteiger partial charge in [0.2, 0.25) is 0 Å². The normalized spacial score (nSPS) is 10.1. The van der Waals surface area contributed by atoms with Gasteiger partial charge in [-0.1, -0.05) is 18.2 Å². The molecule has 0 aromatic heterocycles. The van der Waals surface area contributed by atoms with Crippen LogP contribution in [0.15, 0.2) is 24.3 Å². The van der Waals surface area contributed by atoms with Crippen molar-refractivity contribution in [3.63, 3.8) is 0 Å². The number of hydrogen-bond donors (Lipinski definition) is 1. The highest BCUT2D eigenvalue weighted by Gasteiger charge is 2.03. The highest BCUT2D eigenvalue weighted by atomic mass is 16.5. The molecule has 0 aliphatic carbocycles. The molecule has 0 saturated carbocycles. The number of ether oxygens (including phenoxy) is 2. The largest absolute Gasteiger partial charge is 0.494 e. The van der Waals surface area contributed by atoms with E-state index in [9.17, 15) is 4.79 Å². The third-order valence-corrected chi connectivity index (χ3v) is 2.40. The molecule has 0 aliphatic heterocycles. The van der Waals surface area contributed by atoms with Crippen molar-refractivity contribution < 1.29 is 14.3 Å². The summed E-state index contributed by atoms with van der Waals surface area (Å²) in [6.45, 7) is 6.16. The molecule has 0 bridgehead atoms. The highest BCUT2D eigenvalue weighted by molar-refractivity contribution is 5.69. The molecule has 1 N–H and O–H groups in total. The molecular weight excluding hydrogens is 230 g/mol. The smallest absolute Gasteiger partial charge is 0.307 e. The SMILES string of the molecule is CCOC(=O)CCNCc1ccccc1OCC. The molecule has 100 valence electrons. The van der Waals surface area contributed by atoms with Gasteiger partial charge in [0.25, 0.3) is 0 Å². The lowest BCUT2D eigenvalue weighted by Crippen LogP contribution is -2.19. The van der Waals surface area contributed by atoms with Gasteiger partial charge in [-0.3, -0.25) is 4.79 Å². The Hall–Kier alpha value is -1.55. The van der Waals surface area contributed by atoms with Gasteiger partial charge < -0.3 is 14.8 Å². The minimum absolute atomic E-state index is 0.164.